The minimum Gasteiger partial charge on any atom is -0.370 e. The number of aromatic nitrogens is 1. The second kappa shape index (κ2) is 6.34. The van der Waals surface area contributed by atoms with Crippen molar-refractivity contribution in [2.45, 2.75) is 26.3 Å². The van der Waals surface area contributed by atoms with Crippen molar-refractivity contribution in [2.24, 2.45) is 0 Å². The lowest BCUT2D eigenvalue weighted by Crippen LogP contribution is -2.58. The summed E-state index contributed by atoms with van der Waals surface area (Å²) in [6.07, 6.45) is 2.43. The molecule has 1 fully saturated rings. The predicted octanol–water partition coefficient (Wildman–Crippen LogP) is 0.391. The molecule has 1 aliphatic rings. The highest BCUT2D eigenvalue weighted by molar-refractivity contribution is 6.07. The van der Waals surface area contributed by atoms with Crippen LogP contribution in [0.15, 0.2) is 18.3 Å². The molecular formula is C14H18N4O3. The van der Waals surface area contributed by atoms with Crippen LogP contribution in [0.25, 0.3) is 0 Å². The van der Waals surface area contributed by atoms with Crippen molar-refractivity contribution in [3.63, 3.8) is 0 Å². The van der Waals surface area contributed by atoms with Crippen molar-refractivity contribution in [3.05, 3.63) is 23.9 Å². The van der Waals surface area contributed by atoms with E-state index in [0.717, 1.165) is 13.0 Å². The highest BCUT2D eigenvalue weighted by Crippen LogP contribution is 2.12. The summed E-state index contributed by atoms with van der Waals surface area (Å²) in [5.74, 6) is -0.622. The van der Waals surface area contributed by atoms with E-state index in [-0.39, 0.29) is 12.5 Å². The van der Waals surface area contributed by atoms with Crippen LogP contribution in [-0.4, -0.2) is 46.7 Å². The molecule has 2 heterocycles. The van der Waals surface area contributed by atoms with Crippen LogP contribution in [0.2, 0.25) is 0 Å². The van der Waals surface area contributed by atoms with Crippen LogP contribution in [-0.2, 0) is 9.59 Å². The lowest BCUT2D eigenvalue weighted by molar-refractivity contribution is -0.138. The van der Waals surface area contributed by atoms with Gasteiger partial charge in [0, 0.05) is 12.7 Å². The topological polar surface area (TPSA) is 91.4 Å². The van der Waals surface area contributed by atoms with E-state index in [0.29, 0.717) is 11.4 Å². The molecule has 7 nitrogen and oxygen atoms in total. The van der Waals surface area contributed by atoms with Gasteiger partial charge < -0.3 is 10.2 Å². The van der Waals surface area contributed by atoms with E-state index in [4.69, 9.17) is 0 Å². The fraction of sp³-hybridized carbons (Fsp3) is 0.429. The van der Waals surface area contributed by atoms with Crippen molar-refractivity contribution in [1.82, 2.24) is 15.2 Å². The van der Waals surface area contributed by atoms with Gasteiger partial charge >= 0.3 is 0 Å². The molecule has 1 aromatic rings. The van der Waals surface area contributed by atoms with Gasteiger partial charge in [0.05, 0.1) is 5.56 Å². The van der Waals surface area contributed by atoms with Crippen molar-refractivity contribution in [1.29, 1.82) is 0 Å². The van der Waals surface area contributed by atoms with Gasteiger partial charge in [-0.1, -0.05) is 6.92 Å². The molecule has 2 N–H and O–H groups in total. The Kier molecular flexibility index (Phi) is 4.52. The molecule has 1 atom stereocenters. The molecule has 112 valence electrons. The van der Waals surface area contributed by atoms with Gasteiger partial charge in [-0.25, -0.2) is 4.98 Å². The summed E-state index contributed by atoms with van der Waals surface area (Å²) in [6, 6.07) is 2.67. The maximum absolute atomic E-state index is 12.4. The first-order valence-corrected chi connectivity index (χ1v) is 6.87. The normalized spacial score (nSPS) is 18.4. The first-order chi connectivity index (χ1) is 10.0. The van der Waals surface area contributed by atoms with E-state index in [2.05, 4.69) is 15.6 Å². The van der Waals surface area contributed by atoms with Gasteiger partial charge in [-0.2, -0.15) is 0 Å². The maximum Gasteiger partial charge on any atom is 0.256 e. The summed E-state index contributed by atoms with van der Waals surface area (Å²) in [4.78, 5) is 40.7. The molecule has 2 rings (SSSR count). The summed E-state index contributed by atoms with van der Waals surface area (Å²) in [5, 5.41) is 5.31. The Bertz CT molecular complexity index is 556. The van der Waals surface area contributed by atoms with Crippen LogP contribution >= 0.6 is 0 Å². The van der Waals surface area contributed by atoms with Gasteiger partial charge in [0.2, 0.25) is 11.8 Å². The first kappa shape index (κ1) is 15.0. The van der Waals surface area contributed by atoms with Crippen LogP contribution < -0.4 is 10.6 Å². The Morgan fingerprint density at radius 2 is 2.24 bits per heavy atom. The molecule has 0 saturated carbocycles. The zero-order chi connectivity index (χ0) is 15.4. The highest BCUT2D eigenvalue weighted by atomic mass is 16.2. The number of pyridine rings is 1. The Balaban J connectivity index is 2.11. The third kappa shape index (κ3) is 3.36. The molecule has 0 aromatic carbocycles. The average Bonchev–Trinajstić information content (AvgIpc) is 2.48. The molecule has 1 aliphatic heterocycles. The maximum atomic E-state index is 12.4. The van der Waals surface area contributed by atoms with Crippen LogP contribution in [0.4, 0.5) is 5.82 Å². The number of hydrogen-bond donors (Lipinski definition) is 2. The summed E-state index contributed by atoms with van der Waals surface area (Å²) < 4.78 is 0. The summed E-state index contributed by atoms with van der Waals surface area (Å²) in [5.41, 5.74) is 0.353. The van der Waals surface area contributed by atoms with Gasteiger partial charge in [-0.3, -0.25) is 19.7 Å². The van der Waals surface area contributed by atoms with E-state index >= 15 is 0 Å². The van der Waals surface area contributed by atoms with Crippen LogP contribution in [0.1, 0.15) is 30.6 Å². The minimum absolute atomic E-state index is 0.123. The number of imide groups is 1. The Hall–Kier alpha value is -2.44. The fourth-order valence-electron chi connectivity index (χ4n) is 2.01. The second-order valence-corrected chi connectivity index (χ2v) is 4.88. The molecule has 3 amide bonds. The molecule has 0 aliphatic carbocycles. The monoisotopic (exact) mass is 290 g/mol. The Morgan fingerprint density at radius 3 is 2.86 bits per heavy atom. The minimum atomic E-state index is -0.673. The Morgan fingerprint density at radius 1 is 1.48 bits per heavy atom. The average molecular weight is 290 g/mol. The zero-order valence-corrected chi connectivity index (χ0v) is 12.0. The number of anilines is 1. The van der Waals surface area contributed by atoms with Crippen LogP contribution in [0.5, 0.6) is 0 Å². The molecular weight excluding hydrogens is 272 g/mol. The molecule has 1 unspecified atom stereocenters. The molecule has 0 spiro atoms. The van der Waals surface area contributed by atoms with E-state index in [9.17, 15) is 14.4 Å². The molecule has 7 heteroatoms. The number of piperazine rings is 1. The van der Waals surface area contributed by atoms with E-state index in [1.165, 1.54) is 11.1 Å². The Labute approximate surface area is 122 Å². The first-order valence-electron chi connectivity index (χ1n) is 6.87. The van der Waals surface area contributed by atoms with E-state index < -0.39 is 17.9 Å². The number of nitrogens with one attached hydrogen (secondary N) is 2. The van der Waals surface area contributed by atoms with Gasteiger partial charge in [-0.15, -0.1) is 0 Å². The zero-order valence-electron chi connectivity index (χ0n) is 12.0. The highest BCUT2D eigenvalue weighted by Gasteiger charge is 2.33. The fourth-order valence-corrected chi connectivity index (χ4v) is 2.01. The van der Waals surface area contributed by atoms with Crippen molar-refractivity contribution < 1.29 is 14.4 Å². The number of carbonyl (C=O) groups is 3. The van der Waals surface area contributed by atoms with E-state index in [1.807, 2.05) is 6.92 Å². The smallest absolute Gasteiger partial charge is 0.256 e. The van der Waals surface area contributed by atoms with Crippen molar-refractivity contribution >= 4 is 23.5 Å². The van der Waals surface area contributed by atoms with Crippen molar-refractivity contribution in [2.75, 3.05) is 18.4 Å². The third-order valence-corrected chi connectivity index (χ3v) is 3.25. The van der Waals surface area contributed by atoms with Gasteiger partial charge in [-0.05, 0) is 25.5 Å². The van der Waals surface area contributed by atoms with E-state index in [1.54, 1.807) is 19.1 Å². The standard InChI is InChI=1S/C14H18N4O3/c1-3-6-15-11-5-4-10(7-16-11)14(21)18-8-12(19)17-13(20)9(18)2/h4-5,7,9H,3,6,8H2,1-2H3,(H,15,16)(H,17,19,20). The summed E-state index contributed by atoms with van der Waals surface area (Å²) >= 11 is 0. The van der Waals surface area contributed by atoms with Crippen LogP contribution in [0, 0.1) is 0 Å². The van der Waals surface area contributed by atoms with Gasteiger partial charge in [0.25, 0.3) is 5.91 Å². The molecule has 1 saturated heterocycles. The second-order valence-electron chi connectivity index (χ2n) is 4.88. The lowest BCUT2D eigenvalue weighted by atomic mass is 10.1. The third-order valence-electron chi connectivity index (χ3n) is 3.25. The number of nitrogens with zero attached hydrogens (tertiary/aromatic N) is 2. The quantitative estimate of drug-likeness (QED) is 0.783. The van der Waals surface area contributed by atoms with Crippen molar-refractivity contribution in [3.8, 4) is 0 Å². The number of hydrogen-bond acceptors (Lipinski definition) is 5. The molecule has 0 radical (unpaired) electrons. The van der Waals surface area contributed by atoms with Crippen LogP contribution in [0.3, 0.4) is 0 Å². The molecule has 21 heavy (non-hydrogen) atoms. The summed E-state index contributed by atoms with van der Waals surface area (Å²) in [6.45, 7) is 4.31. The largest absolute Gasteiger partial charge is 0.370 e. The van der Waals surface area contributed by atoms with Gasteiger partial charge in [0.1, 0.15) is 18.4 Å². The predicted molar refractivity (Wildman–Crippen MR) is 76.7 cm³/mol. The van der Waals surface area contributed by atoms with Gasteiger partial charge in [0.15, 0.2) is 0 Å². The number of amides is 3. The summed E-state index contributed by atoms with van der Waals surface area (Å²) in [7, 11) is 0. The molecule has 0 bridgehead atoms. The lowest BCUT2D eigenvalue weighted by Gasteiger charge is -2.31. The molecule has 1 aromatic heterocycles. The number of carbonyl (C=O) groups excluding carboxylic acids is 3. The SMILES string of the molecule is CCCNc1ccc(C(=O)N2CC(=O)NC(=O)C2C)cn1. The number of rotatable bonds is 4.